The second kappa shape index (κ2) is 7.69. The Morgan fingerprint density at radius 1 is 1.30 bits per heavy atom. The molecule has 146 valence electrons. The van der Waals surface area contributed by atoms with E-state index in [-0.39, 0.29) is 16.8 Å². The van der Waals surface area contributed by atoms with E-state index in [1.165, 1.54) is 0 Å². The lowest BCUT2D eigenvalue weighted by atomic mass is 10.0. The molecule has 0 atom stereocenters. The first kappa shape index (κ1) is 19.4. The van der Waals surface area contributed by atoms with Gasteiger partial charge in [-0.25, -0.2) is 13.1 Å². The lowest BCUT2D eigenvalue weighted by molar-refractivity contribution is 0.0711. The third-order valence-corrected chi connectivity index (χ3v) is 6.53. The molecule has 1 aromatic heterocycles. The van der Waals surface area contributed by atoms with E-state index in [2.05, 4.69) is 14.9 Å². The first-order valence-corrected chi connectivity index (χ1v) is 10.3. The van der Waals surface area contributed by atoms with Crippen molar-refractivity contribution >= 4 is 15.9 Å². The number of likely N-dealkylation sites (tertiary alicyclic amines) is 1. The van der Waals surface area contributed by atoms with Crippen LogP contribution < -0.4 is 9.46 Å². The molecule has 2 aromatic rings. The van der Waals surface area contributed by atoms with Crippen LogP contribution in [0.5, 0.6) is 5.75 Å². The lowest BCUT2D eigenvalue weighted by Gasteiger charge is -2.32. The fraction of sp³-hybridized carbons (Fsp3) is 0.444. The summed E-state index contributed by atoms with van der Waals surface area (Å²) in [5, 5.41) is 6.65. The van der Waals surface area contributed by atoms with Gasteiger partial charge in [-0.3, -0.25) is 9.89 Å². The molecule has 3 rings (SSSR count). The molecular formula is C18H24N4O4S. The number of ether oxygens (including phenoxy) is 1. The van der Waals surface area contributed by atoms with Crippen LogP contribution in [-0.2, 0) is 10.0 Å². The summed E-state index contributed by atoms with van der Waals surface area (Å²) in [6, 6.07) is 6.82. The molecule has 1 saturated heterocycles. The number of aromatic amines is 1. The van der Waals surface area contributed by atoms with Crippen molar-refractivity contribution in [2.24, 2.45) is 0 Å². The van der Waals surface area contributed by atoms with Gasteiger partial charge >= 0.3 is 0 Å². The number of nitrogens with one attached hydrogen (secondary N) is 2. The van der Waals surface area contributed by atoms with Gasteiger partial charge in [0.1, 0.15) is 10.6 Å². The van der Waals surface area contributed by atoms with Gasteiger partial charge in [0.05, 0.1) is 18.5 Å². The van der Waals surface area contributed by atoms with Crippen LogP contribution in [0.1, 0.15) is 34.6 Å². The minimum absolute atomic E-state index is 0.0725. The molecule has 8 nitrogen and oxygen atoms in total. The monoisotopic (exact) mass is 392 g/mol. The summed E-state index contributed by atoms with van der Waals surface area (Å²) >= 11 is 0. The number of nitrogens with zero attached hydrogens (tertiary/aromatic N) is 2. The minimum Gasteiger partial charge on any atom is -0.497 e. The molecule has 0 aliphatic carbocycles. The number of H-pyrrole nitrogens is 1. The minimum atomic E-state index is -3.64. The third-order valence-electron chi connectivity index (χ3n) is 4.75. The van der Waals surface area contributed by atoms with Gasteiger partial charge in [-0.2, -0.15) is 5.10 Å². The molecule has 2 heterocycles. The molecule has 1 fully saturated rings. The Morgan fingerprint density at radius 3 is 2.59 bits per heavy atom. The van der Waals surface area contributed by atoms with Crippen molar-refractivity contribution in [2.45, 2.75) is 37.6 Å². The number of hydrogen-bond donors (Lipinski definition) is 2. The smallest absolute Gasteiger partial charge is 0.253 e. The van der Waals surface area contributed by atoms with Crippen molar-refractivity contribution in [1.82, 2.24) is 19.8 Å². The number of carbonyl (C=O) groups excluding carboxylic acids is 1. The van der Waals surface area contributed by atoms with Crippen molar-refractivity contribution in [3.63, 3.8) is 0 Å². The van der Waals surface area contributed by atoms with E-state index in [1.54, 1.807) is 50.1 Å². The maximum absolute atomic E-state index is 12.7. The Balaban J connectivity index is 1.63. The second-order valence-corrected chi connectivity index (χ2v) is 8.33. The van der Waals surface area contributed by atoms with Crippen molar-refractivity contribution < 1.29 is 17.9 Å². The number of aryl methyl sites for hydroxylation is 2. The summed E-state index contributed by atoms with van der Waals surface area (Å²) in [6.07, 6.45) is 1.12. The number of piperidine rings is 1. The zero-order chi connectivity index (χ0) is 19.6. The molecule has 1 aliphatic rings. The Hall–Kier alpha value is -2.39. The topological polar surface area (TPSA) is 104 Å². The Labute approximate surface area is 159 Å². The van der Waals surface area contributed by atoms with Gasteiger partial charge < -0.3 is 9.64 Å². The first-order chi connectivity index (χ1) is 12.8. The number of benzene rings is 1. The third kappa shape index (κ3) is 4.14. The van der Waals surface area contributed by atoms with Gasteiger partial charge in [0, 0.05) is 24.7 Å². The largest absolute Gasteiger partial charge is 0.497 e. The summed E-state index contributed by atoms with van der Waals surface area (Å²) in [6.45, 7) is 4.33. The molecule has 0 saturated carbocycles. The van der Waals surface area contributed by atoms with Crippen LogP contribution in [0.15, 0.2) is 29.2 Å². The van der Waals surface area contributed by atoms with E-state index in [4.69, 9.17) is 4.74 Å². The van der Waals surface area contributed by atoms with Crippen LogP contribution in [0.2, 0.25) is 0 Å². The quantitative estimate of drug-likeness (QED) is 0.805. The van der Waals surface area contributed by atoms with Crippen LogP contribution >= 0.6 is 0 Å². The fourth-order valence-electron chi connectivity index (χ4n) is 3.35. The number of hydrogen-bond acceptors (Lipinski definition) is 5. The fourth-order valence-corrected chi connectivity index (χ4v) is 5.03. The van der Waals surface area contributed by atoms with Crippen LogP contribution in [0.3, 0.4) is 0 Å². The highest BCUT2D eigenvalue weighted by Gasteiger charge is 2.29. The standard InChI is InChI=1S/C18H24N4O4S/c1-12-17(13(2)20-19-12)27(24,25)21-15-7-9-22(10-8-15)18(23)14-5-4-6-16(11-14)26-3/h4-6,11,15,21H,7-10H2,1-3H3,(H,19,20). The molecule has 1 amide bonds. The van der Waals surface area contributed by atoms with E-state index < -0.39 is 10.0 Å². The van der Waals surface area contributed by atoms with Crippen LogP contribution in [0.25, 0.3) is 0 Å². The molecule has 0 radical (unpaired) electrons. The van der Waals surface area contributed by atoms with E-state index in [1.807, 2.05) is 0 Å². The van der Waals surface area contributed by atoms with Crippen molar-refractivity contribution in [1.29, 1.82) is 0 Å². The average Bonchev–Trinajstić information content (AvgIpc) is 3.00. The first-order valence-electron chi connectivity index (χ1n) is 8.79. The van der Waals surface area contributed by atoms with Crippen molar-refractivity contribution in [2.75, 3.05) is 20.2 Å². The summed E-state index contributed by atoms with van der Waals surface area (Å²) in [5.41, 5.74) is 1.54. The normalized spacial score (nSPS) is 15.7. The predicted molar refractivity (Wildman–Crippen MR) is 100 cm³/mol. The summed E-state index contributed by atoms with van der Waals surface area (Å²) in [7, 11) is -2.08. The summed E-state index contributed by atoms with van der Waals surface area (Å²) < 4.78 is 33.2. The highest BCUT2D eigenvalue weighted by atomic mass is 32.2. The van der Waals surface area contributed by atoms with Crippen LogP contribution in [-0.4, -0.2) is 55.7 Å². The highest BCUT2D eigenvalue weighted by Crippen LogP contribution is 2.21. The molecular weight excluding hydrogens is 368 g/mol. The molecule has 2 N–H and O–H groups in total. The highest BCUT2D eigenvalue weighted by molar-refractivity contribution is 7.89. The van der Waals surface area contributed by atoms with Crippen LogP contribution in [0.4, 0.5) is 0 Å². The van der Waals surface area contributed by atoms with E-state index >= 15 is 0 Å². The average molecular weight is 392 g/mol. The molecule has 27 heavy (non-hydrogen) atoms. The van der Waals surface area contributed by atoms with E-state index in [0.29, 0.717) is 48.6 Å². The SMILES string of the molecule is COc1cccc(C(=O)N2CCC(NS(=O)(=O)c3c(C)n[nH]c3C)CC2)c1. The van der Waals surface area contributed by atoms with E-state index in [9.17, 15) is 13.2 Å². The molecule has 1 aromatic carbocycles. The summed E-state index contributed by atoms with van der Waals surface area (Å²) in [4.78, 5) is 14.6. The van der Waals surface area contributed by atoms with Gasteiger partial charge in [-0.15, -0.1) is 0 Å². The lowest BCUT2D eigenvalue weighted by Crippen LogP contribution is -2.46. The zero-order valence-electron chi connectivity index (χ0n) is 15.7. The molecule has 9 heteroatoms. The Kier molecular flexibility index (Phi) is 5.52. The molecule has 0 spiro atoms. The van der Waals surface area contributed by atoms with Crippen molar-refractivity contribution in [3.8, 4) is 5.75 Å². The summed E-state index contributed by atoms with van der Waals surface area (Å²) in [5.74, 6) is 0.561. The number of aromatic nitrogens is 2. The van der Waals surface area contributed by atoms with Crippen LogP contribution in [0, 0.1) is 13.8 Å². The second-order valence-electron chi connectivity index (χ2n) is 6.68. The van der Waals surface area contributed by atoms with E-state index in [0.717, 1.165) is 0 Å². The number of carbonyl (C=O) groups is 1. The Bertz CT molecular complexity index is 911. The predicted octanol–water partition coefficient (Wildman–Crippen LogP) is 1.62. The number of amides is 1. The Morgan fingerprint density at radius 2 is 2.00 bits per heavy atom. The van der Waals surface area contributed by atoms with Gasteiger partial charge in [0.15, 0.2) is 0 Å². The van der Waals surface area contributed by atoms with Crippen molar-refractivity contribution in [3.05, 3.63) is 41.2 Å². The van der Waals surface area contributed by atoms with Gasteiger partial charge in [0.2, 0.25) is 10.0 Å². The molecule has 0 bridgehead atoms. The molecule has 0 unspecified atom stereocenters. The number of methoxy groups -OCH3 is 1. The maximum Gasteiger partial charge on any atom is 0.253 e. The number of sulfonamides is 1. The van der Waals surface area contributed by atoms with Gasteiger partial charge in [-0.05, 0) is 44.9 Å². The van der Waals surface area contributed by atoms with Gasteiger partial charge in [-0.1, -0.05) is 6.07 Å². The van der Waals surface area contributed by atoms with Gasteiger partial charge in [0.25, 0.3) is 5.91 Å². The number of rotatable bonds is 5. The molecule has 1 aliphatic heterocycles. The zero-order valence-corrected chi connectivity index (χ0v) is 16.5. The maximum atomic E-state index is 12.7.